The summed E-state index contributed by atoms with van der Waals surface area (Å²) in [4.78, 5) is 30.8. The Morgan fingerprint density at radius 3 is 2.89 bits per heavy atom. The Bertz CT molecular complexity index is 1030. The van der Waals surface area contributed by atoms with E-state index >= 15 is 0 Å². The standard InChI is InChI=1S/C20H19N3O3S/c1-3-13-8-9-14-18(10-13)27-20(21-14)22-19(25)17-11-23(12(2)24)15-6-4-5-7-16(15)26-17/h4-10,17H,3,11H2,1-2H3,(H,21,22,25)/t17-/m1/s1. The molecule has 1 aliphatic rings. The van der Waals surface area contributed by atoms with E-state index in [1.54, 1.807) is 11.0 Å². The highest BCUT2D eigenvalue weighted by atomic mass is 32.1. The smallest absolute Gasteiger partial charge is 0.269 e. The number of amides is 2. The van der Waals surface area contributed by atoms with Crippen molar-refractivity contribution in [1.82, 2.24) is 4.98 Å². The highest BCUT2D eigenvalue weighted by molar-refractivity contribution is 7.22. The zero-order chi connectivity index (χ0) is 19.0. The minimum absolute atomic E-state index is 0.129. The third-order valence-corrected chi connectivity index (χ3v) is 5.47. The molecule has 138 valence electrons. The van der Waals surface area contributed by atoms with Crippen molar-refractivity contribution in [2.24, 2.45) is 0 Å². The third kappa shape index (κ3) is 3.38. The lowest BCUT2D eigenvalue weighted by molar-refractivity contribution is -0.123. The van der Waals surface area contributed by atoms with Gasteiger partial charge in [0, 0.05) is 6.92 Å². The van der Waals surface area contributed by atoms with Crippen LogP contribution in [0.4, 0.5) is 10.8 Å². The highest BCUT2D eigenvalue weighted by Crippen LogP contribution is 2.34. The average molecular weight is 381 g/mol. The van der Waals surface area contributed by atoms with Crippen molar-refractivity contribution in [2.75, 3.05) is 16.8 Å². The molecule has 1 atom stereocenters. The van der Waals surface area contributed by atoms with Gasteiger partial charge in [-0.25, -0.2) is 4.98 Å². The Morgan fingerprint density at radius 2 is 2.11 bits per heavy atom. The molecule has 1 aromatic heterocycles. The fourth-order valence-electron chi connectivity index (χ4n) is 3.10. The number of carbonyl (C=O) groups is 2. The predicted molar refractivity (Wildman–Crippen MR) is 107 cm³/mol. The lowest BCUT2D eigenvalue weighted by Gasteiger charge is -2.33. The number of rotatable bonds is 3. The molecule has 3 aromatic rings. The molecule has 0 saturated carbocycles. The number of benzene rings is 2. The van der Waals surface area contributed by atoms with Crippen LogP contribution in [0.2, 0.25) is 0 Å². The predicted octanol–water partition coefficient (Wildman–Crippen LogP) is 3.61. The molecule has 0 fully saturated rings. The molecule has 2 heterocycles. The van der Waals surface area contributed by atoms with Gasteiger partial charge in [-0.2, -0.15) is 0 Å². The molecule has 1 N–H and O–H groups in total. The maximum atomic E-state index is 12.7. The third-order valence-electron chi connectivity index (χ3n) is 4.54. The maximum Gasteiger partial charge on any atom is 0.269 e. The van der Waals surface area contributed by atoms with Gasteiger partial charge in [0.15, 0.2) is 11.2 Å². The number of nitrogens with zero attached hydrogens (tertiary/aromatic N) is 2. The van der Waals surface area contributed by atoms with E-state index in [2.05, 4.69) is 23.3 Å². The maximum absolute atomic E-state index is 12.7. The molecular formula is C20H19N3O3S. The number of para-hydroxylation sites is 2. The van der Waals surface area contributed by atoms with Crippen LogP contribution in [0.3, 0.4) is 0 Å². The molecule has 0 aliphatic carbocycles. The van der Waals surface area contributed by atoms with Crippen molar-refractivity contribution < 1.29 is 14.3 Å². The van der Waals surface area contributed by atoms with Crippen LogP contribution < -0.4 is 15.0 Å². The molecule has 0 saturated heterocycles. The summed E-state index contributed by atoms with van der Waals surface area (Å²) in [6.45, 7) is 3.75. The quantitative estimate of drug-likeness (QED) is 0.752. The van der Waals surface area contributed by atoms with Crippen LogP contribution in [-0.4, -0.2) is 29.4 Å². The van der Waals surface area contributed by atoms with Gasteiger partial charge in [-0.15, -0.1) is 0 Å². The summed E-state index contributed by atoms with van der Waals surface area (Å²) in [7, 11) is 0. The van der Waals surface area contributed by atoms with Crippen LogP contribution in [0.5, 0.6) is 5.75 Å². The molecule has 0 spiro atoms. The summed E-state index contributed by atoms with van der Waals surface area (Å²) >= 11 is 1.43. The van der Waals surface area contributed by atoms with E-state index in [0.717, 1.165) is 16.6 Å². The number of aromatic nitrogens is 1. The van der Waals surface area contributed by atoms with E-state index in [0.29, 0.717) is 16.6 Å². The van der Waals surface area contributed by atoms with Crippen molar-refractivity contribution in [1.29, 1.82) is 0 Å². The first-order valence-electron chi connectivity index (χ1n) is 8.79. The number of thiazole rings is 1. The van der Waals surface area contributed by atoms with E-state index < -0.39 is 6.10 Å². The Kier molecular flexibility index (Phi) is 4.53. The van der Waals surface area contributed by atoms with Crippen molar-refractivity contribution >= 4 is 44.2 Å². The molecule has 2 aromatic carbocycles. The number of fused-ring (bicyclic) bond motifs is 2. The van der Waals surface area contributed by atoms with Crippen LogP contribution in [-0.2, 0) is 16.0 Å². The molecule has 1 aliphatic heterocycles. The molecule has 6 nitrogen and oxygen atoms in total. The summed E-state index contributed by atoms with van der Waals surface area (Å²) in [5.74, 6) is 0.0807. The van der Waals surface area contributed by atoms with Crippen LogP contribution in [0.25, 0.3) is 10.2 Å². The number of ether oxygens (including phenoxy) is 1. The fraction of sp³-hybridized carbons (Fsp3) is 0.250. The number of carbonyl (C=O) groups excluding carboxylic acids is 2. The molecule has 0 radical (unpaired) electrons. The molecule has 0 unspecified atom stereocenters. The first kappa shape index (κ1) is 17.5. The van der Waals surface area contributed by atoms with Crippen molar-refractivity contribution in [3.63, 3.8) is 0 Å². The van der Waals surface area contributed by atoms with Gasteiger partial charge in [0.2, 0.25) is 5.91 Å². The van der Waals surface area contributed by atoms with Gasteiger partial charge >= 0.3 is 0 Å². The molecule has 0 bridgehead atoms. The molecular weight excluding hydrogens is 362 g/mol. The molecule has 7 heteroatoms. The van der Waals surface area contributed by atoms with E-state index in [-0.39, 0.29) is 18.4 Å². The van der Waals surface area contributed by atoms with E-state index in [1.807, 2.05) is 30.3 Å². The van der Waals surface area contributed by atoms with Crippen molar-refractivity contribution in [3.8, 4) is 5.75 Å². The van der Waals surface area contributed by atoms with Gasteiger partial charge in [0.1, 0.15) is 5.75 Å². The second-order valence-electron chi connectivity index (χ2n) is 6.37. The molecule has 2 amide bonds. The summed E-state index contributed by atoms with van der Waals surface area (Å²) in [6.07, 6.45) is 0.160. The van der Waals surface area contributed by atoms with Crippen molar-refractivity contribution in [3.05, 3.63) is 48.0 Å². The summed E-state index contributed by atoms with van der Waals surface area (Å²) in [6, 6.07) is 13.3. The monoisotopic (exact) mass is 381 g/mol. The number of anilines is 2. The number of aryl methyl sites for hydroxylation is 1. The number of hydrogen-bond donors (Lipinski definition) is 1. The summed E-state index contributed by atoms with van der Waals surface area (Å²) in [5, 5.41) is 3.36. The van der Waals surface area contributed by atoms with Crippen LogP contribution in [0.1, 0.15) is 19.4 Å². The van der Waals surface area contributed by atoms with E-state index in [9.17, 15) is 9.59 Å². The molecule has 27 heavy (non-hydrogen) atoms. The zero-order valence-corrected chi connectivity index (χ0v) is 15.9. The lowest BCUT2D eigenvalue weighted by atomic mass is 10.1. The number of hydrogen-bond acceptors (Lipinski definition) is 5. The second-order valence-corrected chi connectivity index (χ2v) is 7.40. The number of nitrogens with one attached hydrogen (secondary N) is 1. The SMILES string of the molecule is CCc1ccc2nc(NC(=O)[C@H]3CN(C(C)=O)c4ccccc4O3)sc2c1. The fourth-order valence-corrected chi connectivity index (χ4v) is 4.03. The van der Waals surface area contributed by atoms with E-state index in [4.69, 9.17) is 4.74 Å². The Labute approximate surface area is 160 Å². The second kappa shape index (κ2) is 7.00. The van der Waals surface area contributed by atoms with Crippen LogP contribution in [0.15, 0.2) is 42.5 Å². The van der Waals surface area contributed by atoms with Gasteiger partial charge in [0.25, 0.3) is 5.91 Å². The van der Waals surface area contributed by atoms with Gasteiger partial charge in [-0.3, -0.25) is 14.9 Å². The van der Waals surface area contributed by atoms with Gasteiger partial charge in [-0.05, 0) is 36.2 Å². The van der Waals surface area contributed by atoms with Gasteiger partial charge in [-0.1, -0.05) is 36.5 Å². The van der Waals surface area contributed by atoms with Gasteiger partial charge < -0.3 is 9.64 Å². The minimum Gasteiger partial charge on any atom is -0.476 e. The highest BCUT2D eigenvalue weighted by Gasteiger charge is 2.32. The average Bonchev–Trinajstić information content (AvgIpc) is 3.08. The summed E-state index contributed by atoms with van der Waals surface area (Å²) in [5.41, 5.74) is 2.77. The normalized spacial score (nSPS) is 15.9. The summed E-state index contributed by atoms with van der Waals surface area (Å²) < 4.78 is 6.86. The first-order chi connectivity index (χ1) is 13.0. The zero-order valence-electron chi connectivity index (χ0n) is 15.1. The van der Waals surface area contributed by atoms with Gasteiger partial charge in [0.05, 0.1) is 22.4 Å². The largest absolute Gasteiger partial charge is 0.476 e. The van der Waals surface area contributed by atoms with Crippen LogP contribution in [0, 0.1) is 0 Å². The topological polar surface area (TPSA) is 71.5 Å². The minimum atomic E-state index is -0.790. The first-order valence-corrected chi connectivity index (χ1v) is 9.61. The Hall–Kier alpha value is -2.93. The molecule has 4 rings (SSSR count). The lowest BCUT2D eigenvalue weighted by Crippen LogP contribution is -2.48. The van der Waals surface area contributed by atoms with E-state index in [1.165, 1.54) is 23.8 Å². The Balaban J connectivity index is 1.55. The van der Waals surface area contributed by atoms with Crippen LogP contribution >= 0.6 is 11.3 Å². The Morgan fingerprint density at radius 1 is 1.30 bits per heavy atom. The van der Waals surface area contributed by atoms with Crippen molar-refractivity contribution in [2.45, 2.75) is 26.4 Å².